The Labute approximate surface area is 122 Å². The van der Waals surface area contributed by atoms with Gasteiger partial charge in [-0.15, -0.1) is 0 Å². The zero-order valence-electron chi connectivity index (χ0n) is 11.8. The first-order chi connectivity index (χ1) is 9.56. The summed E-state index contributed by atoms with van der Waals surface area (Å²) in [6, 6.07) is 0. The van der Waals surface area contributed by atoms with Crippen molar-refractivity contribution in [1.82, 2.24) is 19.5 Å². The molecule has 0 aliphatic heterocycles. The standard InChI is InChI=1S/C14H19ClN4O/c1-8(2)7-19-12-10(13(20)18-14(19)15)16-11(17-12)9-5-3-4-6-9/h8-9H,3-7H2,1-2H3,(H,16,17). The molecule has 0 unspecified atom stereocenters. The van der Waals surface area contributed by atoms with Crippen molar-refractivity contribution in [1.29, 1.82) is 0 Å². The molecule has 2 heterocycles. The normalized spacial score (nSPS) is 16.6. The van der Waals surface area contributed by atoms with Crippen molar-refractivity contribution < 1.29 is 0 Å². The van der Waals surface area contributed by atoms with Crippen molar-refractivity contribution in [2.75, 3.05) is 0 Å². The number of imidazole rings is 1. The highest BCUT2D eigenvalue weighted by molar-refractivity contribution is 6.28. The molecule has 0 amide bonds. The second-order valence-corrected chi connectivity index (χ2v) is 6.33. The van der Waals surface area contributed by atoms with Crippen molar-refractivity contribution in [3.05, 3.63) is 21.5 Å². The van der Waals surface area contributed by atoms with E-state index in [1.54, 1.807) is 0 Å². The van der Waals surface area contributed by atoms with Crippen LogP contribution >= 0.6 is 11.6 Å². The van der Waals surface area contributed by atoms with Crippen molar-refractivity contribution in [2.45, 2.75) is 52.0 Å². The van der Waals surface area contributed by atoms with Crippen molar-refractivity contribution in [3.8, 4) is 0 Å². The molecule has 1 aliphatic rings. The molecule has 0 saturated heterocycles. The molecular formula is C14H19ClN4O. The molecule has 1 aliphatic carbocycles. The average Bonchev–Trinajstić information content (AvgIpc) is 3.02. The minimum absolute atomic E-state index is 0.223. The van der Waals surface area contributed by atoms with E-state index in [4.69, 9.17) is 11.6 Å². The van der Waals surface area contributed by atoms with E-state index in [0.717, 1.165) is 18.7 Å². The predicted octanol–water partition coefficient (Wildman–Crippen LogP) is 3.09. The van der Waals surface area contributed by atoms with Crippen LogP contribution in [0.25, 0.3) is 11.2 Å². The van der Waals surface area contributed by atoms with Gasteiger partial charge in [-0.3, -0.25) is 9.36 Å². The third kappa shape index (κ3) is 2.35. The topological polar surface area (TPSA) is 63.6 Å². The van der Waals surface area contributed by atoms with Crippen LogP contribution in [0, 0.1) is 5.92 Å². The Morgan fingerprint density at radius 2 is 2.05 bits per heavy atom. The number of H-pyrrole nitrogens is 1. The Morgan fingerprint density at radius 1 is 1.35 bits per heavy atom. The molecule has 1 fully saturated rings. The van der Waals surface area contributed by atoms with Gasteiger partial charge in [-0.1, -0.05) is 26.7 Å². The minimum atomic E-state index is -0.318. The summed E-state index contributed by atoms with van der Waals surface area (Å²) in [6.07, 6.45) is 4.74. The third-order valence-corrected chi connectivity index (χ3v) is 4.17. The number of halogens is 1. The largest absolute Gasteiger partial charge is 0.336 e. The van der Waals surface area contributed by atoms with Gasteiger partial charge in [0.15, 0.2) is 11.2 Å². The maximum Gasteiger partial charge on any atom is 0.300 e. The Bertz CT molecular complexity index is 682. The molecule has 0 aromatic carbocycles. The zero-order valence-corrected chi connectivity index (χ0v) is 12.6. The van der Waals surface area contributed by atoms with Crippen LogP contribution in [-0.4, -0.2) is 19.5 Å². The highest BCUT2D eigenvalue weighted by Gasteiger charge is 2.23. The van der Waals surface area contributed by atoms with Gasteiger partial charge in [-0.25, -0.2) is 4.98 Å². The second kappa shape index (κ2) is 5.20. The maximum atomic E-state index is 12.0. The molecule has 6 heteroatoms. The third-order valence-electron chi connectivity index (χ3n) is 3.88. The summed E-state index contributed by atoms with van der Waals surface area (Å²) >= 11 is 6.12. The van der Waals surface area contributed by atoms with E-state index in [2.05, 4.69) is 28.8 Å². The van der Waals surface area contributed by atoms with Crippen molar-refractivity contribution in [3.63, 3.8) is 0 Å². The fraction of sp³-hybridized carbons (Fsp3) is 0.643. The van der Waals surface area contributed by atoms with Crippen LogP contribution in [0.5, 0.6) is 0 Å². The first-order valence-corrected chi connectivity index (χ1v) is 7.60. The van der Waals surface area contributed by atoms with Gasteiger partial charge in [-0.05, 0) is 30.4 Å². The molecule has 108 valence electrons. The van der Waals surface area contributed by atoms with Crippen molar-refractivity contribution in [2.24, 2.45) is 5.92 Å². The SMILES string of the molecule is CC(C)Cn1c(Cl)nc(=O)c2[nH]c(C3CCCC3)nc21. The molecular weight excluding hydrogens is 276 g/mol. The van der Waals surface area contributed by atoms with Gasteiger partial charge in [0.1, 0.15) is 5.82 Å². The maximum absolute atomic E-state index is 12.0. The van der Waals surface area contributed by atoms with E-state index < -0.39 is 0 Å². The first-order valence-electron chi connectivity index (χ1n) is 7.22. The van der Waals surface area contributed by atoms with Crippen LogP contribution in [0.3, 0.4) is 0 Å². The van der Waals surface area contributed by atoms with E-state index in [1.165, 1.54) is 12.8 Å². The zero-order chi connectivity index (χ0) is 14.3. The van der Waals surface area contributed by atoms with Gasteiger partial charge in [0.25, 0.3) is 5.56 Å². The average molecular weight is 295 g/mol. The van der Waals surface area contributed by atoms with E-state index >= 15 is 0 Å². The van der Waals surface area contributed by atoms with Crippen LogP contribution in [0.4, 0.5) is 0 Å². The van der Waals surface area contributed by atoms with Crippen molar-refractivity contribution >= 4 is 22.8 Å². The highest BCUT2D eigenvalue weighted by Crippen LogP contribution is 2.33. The Morgan fingerprint density at radius 3 is 2.70 bits per heavy atom. The predicted molar refractivity (Wildman–Crippen MR) is 79.2 cm³/mol. The molecule has 5 nitrogen and oxygen atoms in total. The summed E-state index contributed by atoms with van der Waals surface area (Å²) in [6.45, 7) is 4.91. The summed E-state index contributed by atoms with van der Waals surface area (Å²) in [5, 5.41) is 0.223. The lowest BCUT2D eigenvalue weighted by Gasteiger charge is -2.11. The number of aromatic amines is 1. The van der Waals surface area contributed by atoms with E-state index in [9.17, 15) is 4.79 Å². The second-order valence-electron chi connectivity index (χ2n) is 5.99. The molecule has 3 rings (SSSR count). The van der Waals surface area contributed by atoms with Crippen LogP contribution in [0.15, 0.2) is 4.79 Å². The lowest BCUT2D eigenvalue weighted by molar-refractivity contribution is 0.525. The lowest BCUT2D eigenvalue weighted by Crippen LogP contribution is -2.16. The quantitative estimate of drug-likeness (QED) is 0.885. The lowest BCUT2D eigenvalue weighted by atomic mass is 10.1. The minimum Gasteiger partial charge on any atom is -0.336 e. The number of rotatable bonds is 3. The molecule has 1 saturated carbocycles. The van der Waals surface area contributed by atoms with Gasteiger partial charge in [0.2, 0.25) is 5.28 Å². The molecule has 2 aromatic heterocycles. The number of nitrogens with one attached hydrogen (secondary N) is 1. The summed E-state index contributed by atoms with van der Waals surface area (Å²) in [4.78, 5) is 23.7. The van der Waals surface area contributed by atoms with Gasteiger partial charge < -0.3 is 4.98 Å². The Kier molecular flexibility index (Phi) is 3.54. The van der Waals surface area contributed by atoms with E-state index in [1.807, 2.05) is 4.57 Å². The first kappa shape index (κ1) is 13.6. The number of hydrogen-bond donors (Lipinski definition) is 1. The summed E-state index contributed by atoms with van der Waals surface area (Å²) in [5.41, 5.74) is 0.810. The molecule has 0 spiro atoms. The van der Waals surface area contributed by atoms with Crippen LogP contribution in [0.1, 0.15) is 51.3 Å². The summed E-state index contributed by atoms with van der Waals surface area (Å²) in [5.74, 6) is 1.76. The molecule has 2 aromatic rings. The van der Waals surface area contributed by atoms with Gasteiger partial charge in [-0.2, -0.15) is 4.98 Å². The fourth-order valence-electron chi connectivity index (χ4n) is 2.93. The van der Waals surface area contributed by atoms with Gasteiger partial charge >= 0.3 is 0 Å². The summed E-state index contributed by atoms with van der Waals surface area (Å²) in [7, 11) is 0. The highest BCUT2D eigenvalue weighted by atomic mass is 35.5. The fourth-order valence-corrected chi connectivity index (χ4v) is 3.16. The van der Waals surface area contributed by atoms with Gasteiger partial charge in [0.05, 0.1) is 0 Å². The van der Waals surface area contributed by atoms with Crippen LogP contribution < -0.4 is 5.56 Å². The van der Waals surface area contributed by atoms with Crippen LogP contribution in [-0.2, 0) is 6.54 Å². The Balaban J connectivity index is 2.15. The molecule has 20 heavy (non-hydrogen) atoms. The van der Waals surface area contributed by atoms with E-state index in [-0.39, 0.29) is 10.8 Å². The number of hydrogen-bond acceptors (Lipinski definition) is 3. The summed E-state index contributed by atoms with van der Waals surface area (Å²) < 4.78 is 1.83. The van der Waals surface area contributed by atoms with Gasteiger partial charge in [0, 0.05) is 12.5 Å². The molecule has 1 N–H and O–H groups in total. The van der Waals surface area contributed by atoms with Crippen LogP contribution in [0.2, 0.25) is 5.28 Å². The molecule has 0 atom stereocenters. The number of nitrogens with zero attached hydrogens (tertiary/aromatic N) is 3. The Hall–Kier alpha value is -1.36. The molecule has 0 bridgehead atoms. The monoisotopic (exact) mass is 294 g/mol. The number of aromatic nitrogens is 4. The molecule has 0 radical (unpaired) electrons. The van der Waals surface area contributed by atoms with E-state index in [0.29, 0.717) is 29.5 Å². The smallest absolute Gasteiger partial charge is 0.300 e. The number of fused-ring (bicyclic) bond motifs is 1.